The fourth-order valence-electron chi connectivity index (χ4n) is 7.47. The van der Waals surface area contributed by atoms with Crippen molar-refractivity contribution < 1.29 is 4.79 Å². The van der Waals surface area contributed by atoms with Gasteiger partial charge in [-0.3, -0.25) is 4.79 Å². The van der Waals surface area contributed by atoms with E-state index in [-0.39, 0.29) is 5.41 Å². The topological polar surface area (TPSA) is 17.1 Å². The van der Waals surface area contributed by atoms with E-state index >= 15 is 0 Å². The van der Waals surface area contributed by atoms with Crippen LogP contribution in [0, 0.1) is 40.4 Å². The van der Waals surface area contributed by atoms with Gasteiger partial charge in [0.1, 0.15) is 5.78 Å². The molecule has 0 spiro atoms. The second-order valence-electron chi connectivity index (χ2n) is 9.31. The zero-order valence-electron chi connectivity index (χ0n) is 18.1. The molecular weight excluding hydrogens is 304 g/mol. The number of carbonyl (C=O) groups is 1. The van der Waals surface area contributed by atoms with E-state index < -0.39 is 0 Å². The number of allylic oxidation sites excluding steroid dienone is 2. The number of carbonyl (C=O) groups excluding carboxylic acids is 1. The molecule has 3 aliphatic rings. The SMILES string of the molecule is C/C=C1/[C@@H](C)CC2C3CCC(C(C)=O)C3(C)CC[C@@H]2C1(C)CC.CC. The number of Topliss-reactive ketones (excluding diaryl/α,β-unsaturated/α-hetero) is 1. The molecule has 0 aromatic carbocycles. The summed E-state index contributed by atoms with van der Waals surface area (Å²) in [6, 6.07) is 0. The van der Waals surface area contributed by atoms with Gasteiger partial charge in [0.05, 0.1) is 0 Å². The van der Waals surface area contributed by atoms with Crippen LogP contribution in [-0.2, 0) is 4.79 Å². The molecule has 1 nitrogen and oxygen atoms in total. The third kappa shape index (κ3) is 3.04. The molecule has 3 fully saturated rings. The molecule has 0 amide bonds. The minimum atomic E-state index is 0.287. The lowest BCUT2D eigenvalue weighted by Gasteiger charge is -2.58. The molecule has 0 aliphatic heterocycles. The molecule has 3 saturated carbocycles. The number of ketones is 1. The van der Waals surface area contributed by atoms with Crippen LogP contribution in [0.15, 0.2) is 11.6 Å². The van der Waals surface area contributed by atoms with Gasteiger partial charge in [0.15, 0.2) is 0 Å². The van der Waals surface area contributed by atoms with Crippen LogP contribution in [0.3, 0.4) is 0 Å². The maximum atomic E-state index is 12.2. The Kier molecular flexibility index (Phi) is 6.27. The van der Waals surface area contributed by atoms with E-state index in [4.69, 9.17) is 0 Å². The van der Waals surface area contributed by atoms with Crippen molar-refractivity contribution in [3.63, 3.8) is 0 Å². The summed E-state index contributed by atoms with van der Waals surface area (Å²) in [5.41, 5.74) is 2.38. The minimum Gasteiger partial charge on any atom is -0.300 e. The van der Waals surface area contributed by atoms with Gasteiger partial charge in [-0.05, 0) is 86.9 Å². The van der Waals surface area contributed by atoms with Gasteiger partial charge < -0.3 is 0 Å². The molecule has 1 heteroatoms. The van der Waals surface area contributed by atoms with Crippen LogP contribution in [0.5, 0.6) is 0 Å². The van der Waals surface area contributed by atoms with Crippen LogP contribution < -0.4 is 0 Å². The summed E-state index contributed by atoms with van der Waals surface area (Å²) < 4.78 is 0. The zero-order valence-corrected chi connectivity index (χ0v) is 18.1. The summed E-state index contributed by atoms with van der Waals surface area (Å²) in [5.74, 6) is 3.94. The lowest BCUT2D eigenvalue weighted by molar-refractivity contribution is -0.128. The van der Waals surface area contributed by atoms with Crippen molar-refractivity contribution in [1.29, 1.82) is 0 Å². The first-order valence-electron chi connectivity index (χ1n) is 11.0. The van der Waals surface area contributed by atoms with E-state index in [9.17, 15) is 4.79 Å². The average molecular weight is 347 g/mol. The lowest BCUT2D eigenvalue weighted by Crippen LogP contribution is -2.51. The summed E-state index contributed by atoms with van der Waals surface area (Å²) in [5, 5.41) is 0. The molecule has 7 atom stereocenters. The van der Waals surface area contributed by atoms with E-state index in [1.54, 1.807) is 5.57 Å². The Hall–Kier alpha value is -0.590. The zero-order chi connectivity index (χ0) is 19.0. The maximum Gasteiger partial charge on any atom is 0.133 e. The Bertz CT molecular complexity index is 518. The quantitative estimate of drug-likeness (QED) is 0.489. The molecule has 0 radical (unpaired) electrons. The summed E-state index contributed by atoms with van der Waals surface area (Å²) in [7, 11) is 0. The molecular formula is C24H42O. The van der Waals surface area contributed by atoms with Gasteiger partial charge in [-0.2, -0.15) is 0 Å². The van der Waals surface area contributed by atoms with E-state index in [1.807, 2.05) is 20.8 Å². The van der Waals surface area contributed by atoms with Crippen molar-refractivity contribution in [2.24, 2.45) is 40.4 Å². The second-order valence-corrected chi connectivity index (χ2v) is 9.31. The molecule has 3 aliphatic carbocycles. The highest BCUT2D eigenvalue weighted by molar-refractivity contribution is 5.79. The number of hydrogen-bond acceptors (Lipinski definition) is 1. The molecule has 25 heavy (non-hydrogen) atoms. The molecule has 0 saturated heterocycles. The number of rotatable bonds is 2. The van der Waals surface area contributed by atoms with Crippen molar-refractivity contribution in [1.82, 2.24) is 0 Å². The van der Waals surface area contributed by atoms with Gasteiger partial charge in [0, 0.05) is 5.92 Å². The predicted molar refractivity (Wildman–Crippen MR) is 109 cm³/mol. The molecule has 0 aromatic rings. The van der Waals surface area contributed by atoms with E-state index in [0.717, 1.165) is 24.2 Å². The Morgan fingerprint density at radius 2 is 1.80 bits per heavy atom. The fourth-order valence-corrected chi connectivity index (χ4v) is 7.47. The summed E-state index contributed by atoms with van der Waals surface area (Å²) >= 11 is 0. The third-order valence-electron chi connectivity index (χ3n) is 8.61. The standard InChI is InChI=1S/C22H36O.C2H6/c1-7-17-14(3)13-16-19-10-9-18(15(4)23)22(19,6)12-11-20(16)21(17,5)8-2;1-2/h7,14,16,18-20H,8-13H2,1-6H3;1-2H3/b17-7-;/t14-,16?,18?,19?,20-,21?,22?;/m0./s1. The Morgan fingerprint density at radius 3 is 2.32 bits per heavy atom. The lowest BCUT2D eigenvalue weighted by atomic mass is 9.46. The molecule has 0 aromatic heterocycles. The Labute approximate surface area is 157 Å². The number of fused-ring (bicyclic) bond motifs is 3. The van der Waals surface area contributed by atoms with Gasteiger partial charge in [0.2, 0.25) is 0 Å². The largest absolute Gasteiger partial charge is 0.300 e. The highest BCUT2D eigenvalue weighted by atomic mass is 16.1. The van der Waals surface area contributed by atoms with Gasteiger partial charge in [0.25, 0.3) is 0 Å². The molecule has 3 rings (SSSR count). The van der Waals surface area contributed by atoms with Crippen molar-refractivity contribution in [3.05, 3.63) is 11.6 Å². The molecule has 5 unspecified atom stereocenters. The van der Waals surface area contributed by atoms with Gasteiger partial charge in [-0.15, -0.1) is 0 Å². The molecule has 0 N–H and O–H groups in total. The monoisotopic (exact) mass is 346 g/mol. The van der Waals surface area contributed by atoms with Gasteiger partial charge >= 0.3 is 0 Å². The van der Waals surface area contributed by atoms with Crippen LogP contribution in [0.1, 0.15) is 93.9 Å². The van der Waals surface area contributed by atoms with Crippen LogP contribution >= 0.6 is 0 Å². The molecule has 0 heterocycles. The normalized spacial score (nSPS) is 47.5. The van der Waals surface area contributed by atoms with Crippen molar-refractivity contribution in [3.8, 4) is 0 Å². The first kappa shape index (κ1) is 20.7. The average Bonchev–Trinajstić information content (AvgIpc) is 2.94. The highest BCUT2D eigenvalue weighted by Crippen LogP contribution is 2.66. The summed E-state index contributed by atoms with van der Waals surface area (Å²) in [6.45, 7) is 17.9. The summed E-state index contributed by atoms with van der Waals surface area (Å²) in [4.78, 5) is 12.2. The first-order valence-corrected chi connectivity index (χ1v) is 11.0. The Balaban J connectivity index is 0.00000109. The maximum absolute atomic E-state index is 12.2. The summed E-state index contributed by atoms with van der Waals surface area (Å²) in [6.07, 6.45) is 10.1. The van der Waals surface area contributed by atoms with Gasteiger partial charge in [-0.25, -0.2) is 0 Å². The van der Waals surface area contributed by atoms with Crippen LogP contribution in [0.4, 0.5) is 0 Å². The number of hydrogen-bond donors (Lipinski definition) is 0. The van der Waals surface area contributed by atoms with Crippen molar-refractivity contribution >= 4 is 5.78 Å². The third-order valence-corrected chi connectivity index (χ3v) is 8.61. The first-order chi connectivity index (χ1) is 11.8. The predicted octanol–water partition coefficient (Wildman–Crippen LogP) is 7.06. The Morgan fingerprint density at radius 1 is 1.16 bits per heavy atom. The van der Waals surface area contributed by atoms with Crippen LogP contribution in [0.25, 0.3) is 0 Å². The minimum absolute atomic E-state index is 0.287. The van der Waals surface area contributed by atoms with E-state index in [0.29, 0.717) is 23.0 Å². The van der Waals surface area contributed by atoms with Gasteiger partial charge in [-0.1, -0.05) is 53.2 Å². The van der Waals surface area contributed by atoms with Crippen LogP contribution in [0.2, 0.25) is 0 Å². The molecule has 0 bridgehead atoms. The molecule has 144 valence electrons. The van der Waals surface area contributed by atoms with Crippen molar-refractivity contribution in [2.45, 2.75) is 93.9 Å². The smallest absolute Gasteiger partial charge is 0.133 e. The highest BCUT2D eigenvalue weighted by Gasteiger charge is 2.59. The second kappa shape index (κ2) is 7.57. The fraction of sp³-hybridized carbons (Fsp3) is 0.875. The van der Waals surface area contributed by atoms with Crippen molar-refractivity contribution in [2.75, 3.05) is 0 Å². The van der Waals surface area contributed by atoms with Crippen LogP contribution in [-0.4, -0.2) is 5.78 Å². The van der Waals surface area contributed by atoms with E-state index in [1.165, 1.54) is 32.1 Å². The van der Waals surface area contributed by atoms with E-state index in [2.05, 4.69) is 40.7 Å².